The SMILES string of the molecule is CC(=O)O[C@H]1[C@@H]([N+]2(C)CCCCC2)C[C@H]2[C@@H]3CC[C@H]4C[C@H](O)[C@@H]([N+]5(C)CCCCC5)C[C@]4(C)[C@H]3CC[C@@]21C.[Br-].[Br-]. The van der Waals surface area contributed by atoms with Crippen LogP contribution < -0.4 is 34.0 Å². The number of aliphatic hydroxyl groups excluding tert-OH is 1. The van der Waals surface area contributed by atoms with Gasteiger partial charge in [-0.05, 0) is 99.7 Å². The molecule has 0 bridgehead atoms. The number of nitrogens with zero attached hydrogens (tertiary/aromatic N) is 2. The van der Waals surface area contributed by atoms with Crippen LogP contribution >= 0.6 is 0 Å². The van der Waals surface area contributed by atoms with Gasteiger partial charge in [0.2, 0.25) is 0 Å². The number of likely N-dealkylation sites (tertiary alicyclic amines) is 2. The number of carbonyl (C=O) groups is 1. The highest BCUT2D eigenvalue weighted by Gasteiger charge is 2.67. The summed E-state index contributed by atoms with van der Waals surface area (Å²) in [6.45, 7) is 11.8. The molecule has 6 aliphatic rings. The van der Waals surface area contributed by atoms with Gasteiger partial charge in [-0.1, -0.05) is 13.8 Å². The molecule has 0 unspecified atom stereocenters. The number of halogens is 2. The molecule has 6 fully saturated rings. The zero-order valence-corrected chi connectivity index (χ0v) is 29.2. The maximum Gasteiger partial charge on any atom is 0.303 e. The average Bonchev–Trinajstić information content (AvgIpc) is 3.17. The molecular weight excluding hydrogens is 632 g/mol. The average molecular weight is 691 g/mol. The minimum absolute atomic E-state index is 0. The summed E-state index contributed by atoms with van der Waals surface area (Å²) < 4.78 is 8.58. The Balaban J connectivity index is 0.00000185. The van der Waals surface area contributed by atoms with Crippen LogP contribution in [0.3, 0.4) is 0 Å². The standard InChI is InChI=1S/C33H58N2O3.2BrH/c1-23(36)38-31-28(34(4)16-8-6-9-17-34)21-27-25-13-12-24-20-30(37)29(35(5)18-10-7-11-19-35)22-33(24,3)26(25)14-15-32(27,31)2;;/h24-31,37H,6-22H2,1-5H3;2*1H/q+2;;/p-2/t24-,25+,26-,27-,28-,29-,30-,31-,32-,33-;;/m0../s1. The molecular formula is C33H58Br2N2O3. The van der Waals surface area contributed by atoms with Gasteiger partial charge < -0.3 is 52.8 Å². The molecule has 0 amide bonds. The summed E-state index contributed by atoms with van der Waals surface area (Å²) in [4.78, 5) is 12.5. The van der Waals surface area contributed by atoms with E-state index in [-0.39, 0.29) is 57.6 Å². The van der Waals surface area contributed by atoms with Crippen molar-refractivity contribution in [3.63, 3.8) is 0 Å². The predicted octanol–water partition coefficient (Wildman–Crippen LogP) is -0.452. The summed E-state index contributed by atoms with van der Waals surface area (Å²) in [6, 6.07) is 0.865. The van der Waals surface area contributed by atoms with Gasteiger partial charge in [0.25, 0.3) is 0 Å². The first-order chi connectivity index (χ1) is 18.0. The first-order valence-electron chi connectivity index (χ1n) is 16.5. The van der Waals surface area contributed by atoms with Crippen molar-refractivity contribution in [2.45, 2.75) is 129 Å². The first-order valence-corrected chi connectivity index (χ1v) is 16.5. The minimum Gasteiger partial charge on any atom is -1.00 e. The lowest BCUT2D eigenvalue weighted by atomic mass is 9.44. The van der Waals surface area contributed by atoms with E-state index < -0.39 is 0 Å². The van der Waals surface area contributed by atoms with Crippen molar-refractivity contribution >= 4 is 5.97 Å². The number of quaternary nitrogens is 2. The molecule has 1 N–H and O–H groups in total. The number of esters is 1. The number of fused-ring (bicyclic) bond motifs is 5. The number of hydrogen-bond acceptors (Lipinski definition) is 3. The van der Waals surface area contributed by atoms with E-state index in [2.05, 4.69) is 27.9 Å². The number of rotatable bonds is 3. The lowest BCUT2D eigenvalue weighted by Crippen LogP contribution is -3.00. The lowest BCUT2D eigenvalue weighted by Gasteiger charge is -2.63. The molecule has 4 saturated carbocycles. The van der Waals surface area contributed by atoms with Crippen molar-refractivity contribution in [3.8, 4) is 0 Å². The quantitative estimate of drug-likeness (QED) is 0.323. The van der Waals surface area contributed by atoms with Crippen molar-refractivity contribution in [2.24, 2.45) is 34.5 Å². The van der Waals surface area contributed by atoms with Gasteiger partial charge in [-0.3, -0.25) is 4.79 Å². The molecule has 6 rings (SSSR count). The minimum atomic E-state index is -0.130. The summed E-state index contributed by atoms with van der Waals surface area (Å²) in [5, 5.41) is 11.5. The van der Waals surface area contributed by atoms with Crippen molar-refractivity contribution in [1.29, 1.82) is 0 Å². The number of piperidine rings is 2. The number of hydrogen-bond donors (Lipinski definition) is 1. The number of aliphatic hydroxyl groups is 1. The molecule has 0 aromatic carbocycles. The lowest BCUT2D eigenvalue weighted by molar-refractivity contribution is -0.943. The van der Waals surface area contributed by atoms with E-state index in [1.54, 1.807) is 6.92 Å². The van der Waals surface area contributed by atoms with Crippen LogP contribution in [-0.2, 0) is 9.53 Å². The van der Waals surface area contributed by atoms with Gasteiger partial charge >= 0.3 is 5.97 Å². The maximum absolute atomic E-state index is 12.5. The van der Waals surface area contributed by atoms with Crippen LogP contribution in [0.15, 0.2) is 0 Å². The van der Waals surface area contributed by atoms with Gasteiger partial charge in [-0.15, -0.1) is 0 Å². The van der Waals surface area contributed by atoms with E-state index in [0.29, 0.717) is 29.3 Å². The Kier molecular flexibility index (Phi) is 9.97. The Hall–Kier alpha value is 0.310. The third-order valence-electron chi connectivity index (χ3n) is 14.2. The number of likely N-dealkylation sites (N-methyl/N-ethyl adjacent to an activating group) is 2. The molecule has 0 radical (unpaired) electrons. The molecule has 5 nitrogen and oxygen atoms in total. The van der Waals surface area contributed by atoms with Gasteiger partial charge in [0.05, 0.1) is 40.3 Å². The third-order valence-corrected chi connectivity index (χ3v) is 14.2. The predicted molar refractivity (Wildman–Crippen MR) is 151 cm³/mol. The molecule has 2 heterocycles. The van der Waals surface area contributed by atoms with Crippen LogP contribution in [0.4, 0.5) is 0 Å². The number of carbonyl (C=O) groups excluding carboxylic acids is 1. The van der Waals surface area contributed by atoms with Crippen molar-refractivity contribution in [1.82, 2.24) is 0 Å². The van der Waals surface area contributed by atoms with Gasteiger partial charge in [-0.25, -0.2) is 0 Å². The van der Waals surface area contributed by atoms with Crippen LogP contribution in [0.5, 0.6) is 0 Å². The van der Waals surface area contributed by atoms with Crippen LogP contribution in [0.2, 0.25) is 0 Å². The molecule has 40 heavy (non-hydrogen) atoms. The van der Waals surface area contributed by atoms with Crippen molar-refractivity contribution < 1.29 is 57.6 Å². The van der Waals surface area contributed by atoms with Crippen LogP contribution in [0.25, 0.3) is 0 Å². The highest BCUT2D eigenvalue weighted by molar-refractivity contribution is 5.66. The fourth-order valence-electron chi connectivity index (χ4n) is 12.0. The second kappa shape index (κ2) is 12.0. The second-order valence-electron chi connectivity index (χ2n) is 16.1. The summed E-state index contributed by atoms with van der Waals surface area (Å²) in [5.41, 5.74) is 0.448. The van der Waals surface area contributed by atoms with Gasteiger partial charge in [0.15, 0.2) is 6.10 Å². The zero-order valence-electron chi connectivity index (χ0n) is 26.1. The highest BCUT2D eigenvalue weighted by Crippen LogP contribution is 2.67. The summed E-state index contributed by atoms with van der Waals surface area (Å²) in [7, 11) is 4.94. The molecule has 232 valence electrons. The summed E-state index contributed by atoms with van der Waals surface area (Å²) in [5.74, 6) is 2.76. The Labute approximate surface area is 265 Å². The fourth-order valence-corrected chi connectivity index (χ4v) is 12.0. The topological polar surface area (TPSA) is 46.5 Å². The molecule has 2 aliphatic heterocycles. The summed E-state index contributed by atoms with van der Waals surface area (Å²) in [6.07, 6.45) is 16.5. The van der Waals surface area contributed by atoms with E-state index in [1.807, 2.05) is 0 Å². The Bertz CT molecular complexity index is 906. The largest absolute Gasteiger partial charge is 1.00 e. The Morgan fingerprint density at radius 3 is 1.93 bits per heavy atom. The second-order valence-corrected chi connectivity index (χ2v) is 16.1. The maximum atomic E-state index is 12.5. The molecule has 0 aromatic rings. The highest BCUT2D eigenvalue weighted by atomic mass is 79.9. The molecule has 0 aromatic heterocycles. The Morgan fingerprint density at radius 1 is 0.775 bits per heavy atom. The van der Waals surface area contributed by atoms with E-state index >= 15 is 0 Å². The van der Waals surface area contributed by atoms with Crippen molar-refractivity contribution in [3.05, 3.63) is 0 Å². The first kappa shape index (κ1) is 33.2. The van der Waals surface area contributed by atoms with Crippen molar-refractivity contribution in [2.75, 3.05) is 40.3 Å². The van der Waals surface area contributed by atoms with E-state index in [9.17, 15) is 9.90 Å². The Morgan fingerprint density at radius 2 is 1.35 bits per heavy atom. The van der Waals surface area contributed by atoms with E-state index in [4.69, 9.17) is 4.74 Å². The smallest absolute Gasteiger partial charge is 0.303 e. The molecule has 7 heteroatoms. The summed E-state index contributed by atoms with van der Waals surface area (Å²) >= 11 is 0. The van der Waals surface area contributed by atoms with Crippen LogP contribution in [0, 0.1) is 34.5 Å². The van der Waals surface area contributed by atoms with Crippen LogP contribution in [0.1, 0.15) is 104 Å². The number of ether oxygens (including phenoxy) is 1. The normalized spacial score (nSPS) is 47.4. The molecule has 0 spiro atoms. The molecule has 4 aliphatic carbocycles. The third kappa shape index (κ3) is 5.30. The molecule has 2 saturated heterocycles. The van der Waals surface area contributed by atoms with E-state index in [1.165, 1.54) is 103 Å². The van der Waals surface area contributed by atoms with E-state index in [0.717, 1.165) is 27.2 Å². The zero-order chi connectivity index (χ0) is 26.9. The molecule has 10 atom stereocenters. The monoisotopic (exact) mass is 688 g/mol. The fraction of sp³-hybridized carbons (Fsp3) is 0.970. The van der Waals surface area contributed by atoms with Crippen LogP contribution in [-0.4, -0.2) is 84.6 Å². The van der Waals surface area contributed by atoms with Gasteiger partial charge in [0, 0.05) is 25.2 Å². The van der Waals surface area contributed by atoms with Gasteiger partial charge in [0.1, 0.15) is 18.2 Å². The van der Waals surface area contributed by atoms with Gasteiger partial charge in [-0.2, -0.15) is 0 Å².